The Bertz CT molecular complexity index is 578. The number of pyridine rings is 1. The second kappa shape index (κ2) is 5.60. The van der Waals surface area contributed by atoms with Crippen molar-refractivity contribution in [2.24, 2.45) is 0 Å². The zero-order valence-corrected chi connectivity index (χ0v) is 11.3. The van der Waals surface area contributed by atoms with Crippen molar-refractivity contribution in [1.29, 1.82) is 0 Å². The molecule has 19 heavy (non-hydrogen) atoms. The van der Waals surface area contributed by atoms with Gasteiger partial charge in [-0.3, -0.25) is 9.78 Å². The third-order valence-corrected chi connectivity index (χ3v) is 2.93. The molecule has 0 fully saturated rings. The molecule has 6 heteroatoms. The summed E-state index contributed by atoms with van der Waals surface area (Å²) in [6.07, 6.45) is 2.45. The molecule has 0 unspecified atom stereocenters. The van der Waals surface area contributed by atoms with Gasteiger partial charge in [-0.1, -0.05) is 6.07 Å². The van der Waals surface area contributed by atoms with Crippen molar-refractivity contribution in [3.8, 4) is 0 Å². The maximum Gasteiger partial charge on any atom is 0.273 e. The van der Waals surface area contributed by atoms with Crippen LogP contribution in [0.5, 0.6) is 0 Å². The van der Waals surface area contributed by atoms with Crippen LogP contribution in [0.3, 0.4) is 0 Å². The lowest BCUT2D eigenvalue weighted by Gasteiger charge is -2.13. The first kappa shape index (κ1) is 13.2. The van der Waals surface area contributed by atoms with Gasteiger partial charge >= 0.3 is 0 Å². The minimum absolute atomic E-state index is 0.0165. The molecule has 1 amide bonds. The van der Waals surface area contributed by atoms with E-state index in [4.69, 9.17) is 0 Å². The fourth-order valence-corrected chi connectivity index (χ4v) is 1.86. The Kier molecular flexibility index (Phi) is 3.89. The highest BCUT2D eigenvalue weighted by Crippen LogP contribution is 2.07. The van der Waals surface area contributed by atoms with E-state index in [1.54, 1.807) is 13.1 Å². The van der Waals surface area contributed by atoms with Crippen LogP contribution in [0, 0.1) is 13.8 Å². The van der Waals surface area contributed by atoms with Crippen LogP contribution in [0.25, 0.3) is 0 Å². The Morgan fingerprint density at radius 2 is 2.21 bits per heavy atom. The van der Waals surface area contributed by atoms with E-state index in [0.29, 0.717) is 17.8 Å². The predicted molar refractivity (Wildman–Crippen MR) is 70.7 cm³/mol. The van der Waals surface area contributed by atoms with E-state index in [1.165, 1.54) is 0 Å². The summed E-state index contributed by atoms with van der Waals surface area (Å²) in [5.41, 5.74) is 3.05. The third-order valence-electron chi connectivity index (χ3n) is 2.93. The first-order valence-electron chi connectivity index (χ1n) is 6.16. The molecule has 0 aliphatic heterocycles. The number of rotatable bonds is 4. The van der Waals surface area contributed by atoms with Crippen molar-refractivity contribution in [3.63, 3.8) is 0 Å². The Labute approximate surface area is 111 Å². The van der Waals surface area contributed by atoms with Gasteiger partial charge in [0.25, 0.3) is 5.91 Å². The lowest BCUT2D eigenvalue weighted by atomic mass is 10.1. The monoisotopic (exact) mass is 259 g/mol. The van der Waals surface area contributed by atoms with E-state index < -0.39 is 0 Å². The van der Waals surface area contributed by atoms with E-state index in [0.717, 1.165) is 11.3 Å². The van der Waals surface area contributed by atoms with E-state index in [1.807, 2.05) is 26.0 Å². The summed E-state index contributed by atoms with van der Waals surface area (Å²) in [7, 11) is 0. The summed E-state index contributed by atoms with van der Waals surface area (Å²) < 4.78 is 0. The molecule has 100 valence electrons. The fraction of sp³-hybridized carbons (Fsp3) is 0.385. The van der Waals surface area contributed by atoms with Gasteiger partial charge in [0.15, 0.2) is 5.69 Å². The fourth-order valence-electron chi connectivity index (χ4n) is 1.86. The van der Waals surface area contributed by atoms with Gasteiger partial charge in [0.2, 0.25) is 0 Å². The van der Waals surface area contributed by atoms with Crippen molar-refractivity contribution in [2.75, 3.05) is 0 Å². The lowest BCUT2D eigenvalue weighted by molar-refractivity contribution is 0.0934. The van der Waals surface area contributed by atoms with Crippen molar-refractivity contribution >= 4 is 5.91 Å². The molecule has 0 aliphatic rings. The molecule has 2 N–H and O–H groups in total. The Morgan fingerprint density at radius 1 is 1.42 bits per heavy atom. The van der Waals surface area contributed by atoms with Crippen LogP contribution in [0.2, 0.25) is 0 Å². The molecule has 0 aromatic carbocycles. The lowest BCUT2D eigenvalue weighted by Crippen LogP contribution is -2.35. The number of aryl methyl sites for hydroxylation is 2. The van der Waals surface area contributed by atoms with Gasteiger partial charge in [-0.25, -0.2) is 0 Å². The second-order valence-electron chi connectivity index (χ2n) is 4.60. The Hall–Kier alpha value is -2.24. The Morgan fingerprint density at radius 3 is 2.84 bits per heavy atom. The van der Waals surface area contributed by atoms with E-state index in [9.17, 15) is 4.79 Å². The molecule has 0 spiro atoms. The molecule has 6 nitrogen and oxygen atoms in total. The minimum Gasteiger partial charge on any atom is -0.348 e. The van der Waals surface area contributed by atoms with Crippen molar-refractivity contribution < 1.29 is 4.79 Å². The Balaban J connectivity index is 1.99. The number of nitrogens with one attached hydrogen (secondary N) is 2. The van der Waals surface area contributed by atoms with E-state index in [-0.39, 0.29) is 11.9 Å². The van der Waals surface area contributed by atoms with Crippen LogP contribution < -0.4 is 5.32 Å². The highest BCUT2D eigenvalue weighted by molar-refractivity contribution is 5.93. The highest BCUT2D eigenvalue weighted by atomic mass is 16.2. The smallest absolute Gasteiger partial charge is 0.273 e. The molecular weight excluding hydrogens is 242 g/mol. The van der Waals surface area contributed by atoms with Gasteiger partial charge in [-0.15, -0.1) is 0 Å². The summed E-state index contributed by atoms with van der Waals surface area (Å²) in [6, 6.07) is 3.90. The number of amides is 1. The minimum atomic E-state index is -0.215. The maximum atomic E-state index is 12.0. The number of carbonyl (C=O) groups excluding carboxylic acids is 1. The molecule has 0 radical (unpaired) electrons. The maximum absolute atomic E-state index is 12.0. The molecule has 2 rings (SSSR count). The van der Waals surface area contributed by atoms with Crippen molar-refractivity contribution in [1.82, 2.24) is 25.7 Å². The average Bonchev–Trinajstić information content (AvgIpc) is 2.78. The standard InChI is InChI=1S/C13H17N5O/c1-8-5-4-6-14-11(8)7-9(2)15-13(19)12-10(3)16-18-17-12/h4-6,9H,7H2,1-3H3,(H,15,19)(H,16,17,18)/t9-/m0/s1. The van der Waals surface area contributed by atoms with E-state index >= 15 is 0 Å². The highest BCUT2D eigenvalue weighted by Gasteiger charge is 2.16. The first-order chi connectivity index (χ1) is 9.08. The molecule has 1 atom stereocenters. The summed E-state index contributed by atoms with van der Waals surface area (Å²) in [6.45, 7) is 5.70. The van der Waals surface area contributed by atoms with Crippen LogP contribution >= 0.6 is 0 Å². The van der Waals surface area contributed by atoms with Gasteiger partial charge in [-0.05, 0) is 32.4 Å². The normalized spacial score (nSPS) is 12.2. The summed E-state index contributed by atoms with van der Waals surface area (Å²) in [4.78, 5) is 16.3. The molecule has 0 saturated carbocycles. The second-order valence-corrected chi connectivity index (χ2v) is 4.60. The topological polar surface area (TPSA) is 83.6 Å². The quantitative estimate of drug-likeness (QED) is 0.863. The number of hydrogen-bond donors (Lipinski definition) is 2. The molecule has 2 aromatic heterocycles. The number of carbonyl (C=O) groups is 1. The molecule has 2 heterocycles. The van der Waals surface area contributed by atoms with Gasteiger partial charge in [0, 0.05) is 24.4 Å². The van der Waals surface area contributed by atoms with Crippen LogP contribution in [0.15, 0.2) is 18.3 Å². The molecular formula is C13H17N5O. The number of hydrogen-bond acceptors (Lipinski definition) is 4. The number of aromatic nitrogens is 4. The van der Waals surface area contributed by atoms with Crippen LogP contribution in [0.4, 0.5) is 0 Å². The third kappa shape index (κ3) is 3.15. The summed E-state index contributed by atoms with van der Waals surface area (Å²) >= 11 is 0. The first-order valence-corrected chi connectivity index (χ1v) is 6.16. The molecule has 0 aliphatic carbocycles. The predicted octanol–water partition coefficient (Wildman–Crippen LogP) is 1.18. The van der Waals surface area contributed by atoms with Crippen LogP contribution in [0.1, 0.15) is 34.4 Å². The summed E-state index contributed by atoms with van der Waals surface area (Å²) in [5.74, 6) is -0.215. The zero-order valence-electron chi connectivity index (χ0n) is 11.3. The molecule has 2 aromatic rings. The zero-order chi connectivity index (χ0) is 13.8. The van der Waals surface area contributed by atoms with Gasteiger partial charge < -0.3 is 5.32 Å². The average molecular weight is 259 g/mol. The van der Waals surface area contributed by atoms with Crippen LogP contribution in [-0.2, 0) is 6.42 Å². The van der Waals surface area contributed by atoms with Crippen LogP contribution in [-0.4, -0.2) is 32.3 Å². The van der Waals surface area contributed by atoms with Crippen molar-refractivity contribution in [2.45, 2.75) is 33.2 Å². The number of aromatic amines is 1. The van der Waals surface area contributed by atoms with E-state index in [2.05, 4.69) is 25.7 Å². The molecule has 0 bridgehead atoms. The number of H-pyrrole nitrogens is 1. The van der Waals surface area contributed by atoms with Gasteiger partial charge in [-0.2, -0.15) is 15.4 Å². The molecule has 0 saturated heterocycles. The SMILES string of the molecule is Cc1cccnc1C[C@H](C)NC(=O)c1n[nH]nc1C. The summed E-state index contributed by atoms with van der Waals surface area (Å²) in [5, 5.41) is 13.0. The van der Waals surface area contributed by atoms with Gasteiger partial charge in [0.1, 0.15) is 0 Å². The van der Waals surface area contributed by atoms with Crippen molar-refractivity contribution in [3.05, 3.63) is 41.0 Å². The van der Waals surface area contributed by atoms with Gasteiger partial charge in [0.05, 0.1) is 5.69 Å². The largest absolute Gasteiger partial charge is 0.348 e. The number of nitrogens with zero attached hydrogens (tertiary/aromatic N) is 3.